The number of hydrogen-bond donors (Lipinski definition) is 1. The monoisotopic (exact) mass is 365 g/mol. The second-order valence-corrected chi connectivity index (χ2v) is 5.66. The Balaban J connectivity index is 2.38. The van der Waals surface area contributed by atoms with Crippen molar-refractivity contribution in [1.29, 1.82) is 0 Å². The summed E-state index contributed by atoms with van der Waals surface area (Å²) in [5.41, 5.74) is 8.86. The second-order valence-electron chi connectivity index (χ2n) is 3.89. The molecule has 1 heterocycles. The largest absolute Gasteiger partial charge is 0.369 e. The average molecular weight is 367 g/mol. The first-order valence-electron chi connectivity index (χ1n) is 5.35. The minimum absolute atomic E-state index is 0.481. The van der Waals surface area contributed by atoms with Crippen LogP contribution in [0.4, 0.5) is 5.95 Å². The van der Waals surface area contributed by atoms with Crippen molar-refractivity contribution in [3.05, 3.63) is 51.4 Å². The molecule has 0 saturated carbocycles. The van der Waals surface area contributed by atoms with Crippen LogP contribution in [0.5, 0.6) is 0 Å². The summed E-state index contributed by atoms with van der Waals surface area (Å²) < 4.78 is 3.92. The molecular weight excluding hydrogens is 358 g/mol. The van der Waals surface area contributed by atoms with Gasteiger partial charge in [0, 0.05) is 8.95 Å². The Morgan fingerprint density at radius 3 is 2.61 bits per heavy atom. The van der Waals surface area contributed by atoms with Gasteiger partial charge in [-0.05, 0) is 46.3 Å². The number of nitrogens with zero attached hydrogens (tertiary/aromatic N) is 2. The van der Waals surface area contributed by atoms with Crippen molar-refractivity contribution in [3.63, 3.8) is 0 Å². The quantitative estimate of drug-likeness (QED) is 0.703. The Morgan fingerprint density at radius 1 is 1.06 bits per heavy atom. The normalized spacial score (nSPS) is 11.0. The standard InChI is InChI=1S/C13H9Br2N3/c14-8-5-6-10-12(7-8)18(13(16)17-10)11-4-2-1-3-9(11)15/h1-7H,(H2,16,17). The lowest BCUT2D eigenvalue weighted by Crippen LogP contribution is -2.01. The van der Waals surface area contributed by atoms with Gasteiger partial charge >= 0.3 is 0 Å². The van der Waals surface area contributed by atoms with Crippen molar-refractivity contribution in [3.8, 4) is 5.69 Å². The third-order valence-corrected chi connectivity index (χ3v) is 3.90. The lowest BCUT2D eigenvalue weighted by atomic mass is 10.3. The van der Waals surface area contributed by atoms with E-state index < -0.39 is 0 Å². The van der Waals surface area contributed by atoms with E-state index in [1.54, 1.807) is 0 Å². The minimum Gasteiger partial charge on any atom is -0.369 e. The highest BCUT2D eigenvalue weighted by Gasteiger charge is 2.12. The van der Waals surface area contributed by atoms with Gasteiger partial charge in [0.25, 0.3) is 0 Å². The van der Waals surface area contributed by atoms with E-state index in [0.29, 0.717) is 5.95 Å². The molecule has 0 unspecified atom stereocenters. The maximum Gasteiger partial charge on any atom is 0.205 e. The molecule has 0 amide bonds. The molecule has 0 bridgehead atoms. The Labute approximate surface area is 121 Å². The van der Waals surface area contributed by atoms with Gasteiger partial charge in [-0.15, -0.1) is 0 Å². The van der Waals surface area contributed by atoms with Crippen molar-refractivity contribution in [2.75, 3.05) is 5.73 Å². The maximum atomic E-state index is 6.02. The van der Waals surface area contributed by atoms with Gasteiger partial charge in [-0.1, -0.05) is 28.1 Å². The molecule has 0 aliphatic rings. The van der Waals surface area contributed by atoms with Crippen LogP contribution in [-0.4, -0.2) is 9.55 Å². The number of nitrogen functional groups attached to an aromatic ring is 1. The van der Waals surface area contributed by atoms with Crippen molar-refractivity contribution in [1.82, 2.24) is 9.55 Å². The summed E-state index contributed by atoms with van der Waals surface area (Å²) in [5.74, 6) is 0.481. The molecule has 3 aromatic rings. The topological polar surface area (TPSA) is 43.8 Å². The Morgan fingerprint density at radius 2 is 1.83 bits per heavy atom. The van der Waals surface area contributed by atoms with Gasteiger partial charge in [0.15, 0.2) is 0 Å². The number of hydrogen-bond acceptors (Lipinski definition) is 2. The molecule has 0 fully saturated rings. The highest BCUT2D eigenvalue weighted by atomic mass is 79.9. The van der Waals surface area contributed by atoms with Crippen LogP contribution in [0.25, 0.3) is 16.7 Å². The van der Waals surface area contributed by atoms with Gasteiger partial charge in [0.05, 0.1) is 16.7 Å². The molecule has 0 spiro atoms. The molecule has 0 atom stereocenters. The number of para-hydroxylation sites is 1. The van der Waals surface area contributed by atoms with E-state index in [2.05, 4.69) is 36.8 Å². The smallest absolute Gasteiger partial charge is 0.205 e. The fraction of sp³-hybridized carbons (Fsp3) is 0. The summed E-state index contributed by atoms with van der Waals surface area (Å²) in [6.07, 6.45) is 0. The van der Waals surface area contributed by atoms with Crippen LogP contribution < -0.4 is 5.73 Å². The van der Waals surface area contributed by atoms with Crippen LogP contribution in [-0.2, 0) is 0 Å². The van der Waals surface area contributed by atoms with Gasteiger partial charge in [-0.25, -0.2) is 4.98 Å². The maximum absolute atomic E-state index is 6.02. The number of fused-ring (bicyclic) bond motifs is 1. The number of rotatable bonds is 1. The lowest BCUT2D eigenvalue weighted by molar-refractivity contribution is 1.10. The molecular formula is C13H9Br2N3. The zero-order chi connectivity index (χ0) is 12.7. The van der Waals surface area contributed by atoms with Crippen LogP contribution >= 0.6 is 31.9 Å². The van der Waals surface area contributed by atoms with Gasteiger partial charge < -0.3 is 5.73 Å². The summed E-state index contributed by atoms with van der Waals surface area (Å²) in [4.78, 5) is 4.37. The summed E-state index contributed by atoms with van der Waals surface area (Å²) in [6, 6.07) is 13.9. The highest BCUT2D eigenvalue weighted by Crippen LogP contribution is 2.29. The highest BCUT2D eigenvalue weighted by molar-refractivity contribution is 9.10. The van der Waals surface area contributed by atoms with Crippen LogP contribution in [0.1, 0.15) is 0 Å². The first-order chi connectivity index (χ1) is 8.66. The van der Waals surface area contributed by atoms with E-state index in [4.69, 9.17) is 5.73 Å². The zero-order valence-electron chi connectivity index (χ0n) is 9.27. The van der Waals surface area contributed by atoms with Crippen molar-refractivity contribution in [2.45, 2.75) is 0 Å². The van der Waals surface area contributed by atoms with Crippen LogP contribution in [0.3, 0.4) is 0 Å². The fourth-order valence-corrected chi connectivity index (χ4v) is 2.76. The predicted octanol–water partition coefficient (Wildman–Crippen LogP) is 4.13. The summed E-state index contributed by atoms with van der Waals surface area (Å²) in [7, 11) is 0. The number of aromatic nitrogens is 2. The fourth-order valence-electron chi connectivity index (χ4n) is 1.95. The molecule has 0 radical (unpaired) electrons. The molecule has 5 heteroatoms. The van der Waals surface area contributed by atoms with Crippen molar-refractivity contribution < 1.29 is 0 Å². The summed E-state index contributed by atoms with van der Waals surface area (Å²) in [5, 5.41) is 0. The lowest BCUT2D eigenvalue weighted by Gasteiger charge is -2.08. The third kappa shape index (κ3) is 1.83. The Kier molecular flexibility index (Phi) is 2.87. The van der Waals surface area contributed by atoms with Crippen LogP contribution in [0.2, 0.25) is 0 Å². The van der Waals surface area contributed by atoms with Gasteiger partial charge in [-0.2, -0.15) is 0 Å². The van der Waals surface area contributed by atoms with E-state index in [9.17, 15) is 0 Å². The van der Waals surface area contributed by atoms with Crippen LogP contribution in [0.15, 0.2) is 51.4 Å². The number of halogens is 2. The minimum atomic E-state index is 0.481. The third-order valence-electron chi connectivity index (χ3n) is 2.74. The molecule has 3 rings (SSSR count). The predicted molar refractivity (Wildman–Crippen MR) is 80.9 cm³/mol. The van der Waals surface area contributed by atoms with Gasteiger partial charge in [0.2, 0.25) is 5.95 Å². The van der Waals surface area contributed by atoms with Crippen molar-refractivity contribution in [2.24, 2.45) is 0 Å². The van der Waals surface area contributed by atoms with E-state index in [1.165, 1.54) is 0 Å². The van der Waals surface area contributed by atoms with Crippen molar-refractivity contribution >= 4 is 48.8 Å². The Hall–Kier alpha value is -1.33. The first-order valence-corrected chi connectivity index (χ1v) is 6.94. The molecule has 18 heavy (non-hydrogen) atoms. The van der Waals surface area contributed by atoms with E-state index >= 15 is 0 Å². The van der Waals surface area contributed by atoms with Crippen LogP contribution in [0, 0.1) is 0 Å². The molecule has 0 aliphatic heterocycles. The van der Waals surface area contributed by atoms with E-state index in [-0.39, 0.29) is 0 Å². The van der Waals surface area contributed by atoms with Gasteiger partial charge in [-0.3, -0.25) is 4.57 Å². The number of nitrogens with two attached hydrogens (primary N) is 1. The average Bonchev–Trinajstić information content (AvgIpc) is 2.66. The molecule has 2 N–H and O–H groups in total. The zero-order valence-corrected chi connectivity index (χ0v) is 12.4. The molecule has 3 nitrogen and oxygen atoms in total. The number of anilines is 1. The molecule has 0 aliphatic carbocycles. The Bertz CT molecular complexity index is 734. The summed E-state index contributed by atoms with van der Waals surface area (Å²) in [6.45, 7) is 0. The number of benzene rings is 2. The SMILES string of the molecule is Nc1nc2ccc(Br)cc2n1-c1ccccc1Br. The molecule has 1 aromatic heterocycles. The second kappa shape index (κ2) is 4.40. The molecule has 2 aromatic carbocycles. The number of imidazole rings is 1. The molecule has 90 valence electrons. The van der Waals surface area contributed by atoms with E-state index in [1.807, 2.05) is 47.0 Å². The van der Waals surface area contributed by atoms with Gasteiger partial charge in [0.1, 0.15) is 0 Å². The first kappa shape index (κ1) is 11.7. The van der Waals surface area contributed by atoms with E-state index in [0.717, 1.165) is 25.7 Å². The summed E-state index contributed by atoms with van der Waals surface area (Å²) >= 11 is 7.01. The molecule has 0 saturated heterocycles.